The van der Waals surface area contributed by atoms with Crippen molar-refractivity contribution in [3.8, 4) is 0 Å². The molecule has 388 valence electrons. The number of hydrogen-bond acceptors (Lipinski definition) is 24. The van der Waals surface area contributed by atoms with Gasteiger partial charge >= 0.3 is 156 Å². The van der Waals surface area contributed by atoms with E-state index in [2.05, 4.69) is 9.47 Å². The minimum atomic E-state index is -0.995. The third-order valence-electron chi connectivity index (χ3n) is 4.66. The number of carboxylic acids is 10. The van der Waals surface area contributed by atoms with Gasteiger partial charge in [-0.1, -0.05) is 69.2 Å². The molecule has 0 aromatic heterocycles. The van der Waals surface area contributed by atoms with Crippen molar-refractivity contribution < 1.29 is 285 Å². The van der Waals surface area contributed by atoms with Crippen LogP contribution in [0.5, 0.6) is 0 Å². The number of hydrogen-bond donors (Lipinski definition) is 0. The van der Waals surface area contributed by atoms with E-state index < -0.39 is 72.3 Å². The van der Waals surface area contributed by atoms with Crippen molar-refractivity contribution >= 4 is 59.7 Å². The molecule has 2 heterocycles. The molecule has 0 N–H and O–H groups in total. The van der Waals surface area contributed by atoms with Gasteiger partial charge in [-0.05, 0) is 102 Å². The zero-order chi connectivity index (χ0) is 51.7. The van der Waals surface area contributed by atoms with E-state index in [1.54, 1.807) is 0 Å². The Morgan fingerprint density at radius 3 is 0.389 bits per heavy atom. The second-order valence-corrected chi connectivity index (χ2v) is 10.1. The van der Waals surface area contributed by atoms with Crippen LogP contribution in [0.1, 0.15) is 159 Å². The molecule has 72 heavy (non-hydrogen) atoms. The number of carbonyl (C=O) groups excluding carboxylic acids is 10. The predicted octanol–water partition coefficient (Wildman–Crippen LogP) is -9.83. The van der Waals surface area contributed by atoms with E-state index in [4.69, 9.17) is 0 Å². The van der Waals surface area contributed by atoms with Crippen molar-refractivity contribution in [3.63, 3.8) is 0 Å². The van der Waals surface area contributed by atoms with Crippen LogP contribution in [0.4, 0.5) is 0 Å². The number of carbonyl (C=O) groups is 10. The summed E-state index contributed by atoms with van der Waals surface area (Å²) in [6.45, 7) is 16.7. The molecule has 0 saturated carbocycles. The Kier molecular flexibility index (Phi) is 221. The van der Waals surface area contributed by atoms with Crippen LogP contribution < -0.4 is 61.3 Å². The Hall–Kier alpha value is -0.553. The van der Waals surface area contributed by atoms with Gasteiger partial charge in [-0.15, -0.1) is 0 Å². The smallest absolute Gasteiger partial charge is 2.00 e. The van der Waals surface area contributed by atoms with Crippen molar-refractivity contribution in [1.29, 1.82) is 0 Å². The number of carboxylic acid groups (broad SMARTS) is 10. The summed E-state index contributed by atoms with van der Waals surface area (Å²) < 4.78 is 9.19. The third kappa shape index (κ3) is 291. The Bertz CT molecular complexity index is 874. The van der Waals surface area contributed by atoms with Gasteiger partial charge in [0.1, 0.15) is 0 Å². The molecular weight excluding hydrogens is 1400 g/mol. The summed E-state index contributed by atoms with van der Waals surface area (Å²) in [5.74, 6) is -9.95. The maximum Gasteiger partial charge on any atom is 2.00 e. The summed E-state index contributed by atoms with van der Waals surface area (Å²) in [6.07, 6.45) is 3.03. The van der Waals surface area contributed by atoms with Crippen molar-refractivity contribution in [2.45, 2.75) is 172 Å². The average Bonchev–Trinajstić information content (AvgIpc) is 3.93. The van der Waals surface area contributed by atoms with E-state index in [1.165, 1.54) is 69.2 Å². The molecule has 2 aliphatic heterocycles. The van der Waals surface area contributed by atoms with Crippen LogP contribution in [0.25, 0.3) is 0 Å². The molecular formula is C38H64O26Zn8. The van der Waals surface area contributed by atoms with Gasteiger partial charge in [-0.25, -0.2) is 0 Å². The van der Waals surface area contributed by atoms with Crippen molar-refractivity contribution in [2.24, 2.45) is 0 Å². The van der Waals surface area contributed by atoms with E-state index in [0.717, 1.165) is 12.8 Å². The quantitative estimate of drug-likeness (QED) is 0.183. The predicted molar refractivity (Wildman–Crippen MR) is 192 cm³/mol. The summed E-state index contributed by atoms with van der Waals surface area (Å²) in [7, 11) is 0. The maximum atomic E-state index is 10.1. The van der Waals surface area contributed by atoms with Crippen LogP contribution in [0, 0.1) is 0 Å². The summed E-state index contributed by atoms with van der Waals surface area (Å²) >= 11 is 0. The largest absolute Gasteiger partial charge is 2.00 e. The fourth-order valence-electron chi connectivity index (χ4n) is 1.10. The van der Waals surface area contributed by atoms with Crippen LogP contribution >= 0.6 is 0 Å². The van der Waals surface area contributed by atoms with Gasteiger partial charge < -0.3 is 130 Å². The Labute approximate surface area is 525 Å². The van der Waals surface area contributed by atoms with Crippen molar-refractivity contribution in [2.75, 3.05) is 13.2 Å². The Balaban J connectivity index is -0.0000000225. The molecule has 0 radical (unpaired) electrons. The Morgan fingerprint density at radius 1 is 0.292 bits per heavy atom. The molecule has 2 fully saturated rings. The number of rotatable bonds is 10. The molecule has 2 saturated heterocycles. The summed E-state index contributed by atoms with van der Waals surface area (Å²) in [5.41, 5.74) is 0. The second-order valence-electron chi connectivity index (χ2n) is 10.1. The monoisotopic (exact) mass is 1450 g/mol. The van der Waals surface area contributed by atoms with Gasteiger partial charge in [-0.3, -0.25) is 0 Å². The summed E-state index contributed by atoms with van der Waals surface area (Å²) in [6, 6.07) is 0. The minimum absolute atomic E-state index is 0. The first-order chi connectivity index (χ1) is 28.5. The minimum Gasteiger partial charge on any atom is -2.00 e. The van der Waals surface area contributed by atoms with Crippen LogP contribution in [0.2, 0.25) is 0 Å². The molecule has 34 heteroatoms. The van der Waals surface area contributed by atoms with Gasteiger partial charge in [0, 0.05) is 72.9 Å². The molecule has 0 aromatic carbocycles. The first-order valence-electron chi connectivity index (χ1n) is 19.0. The zero-order valence-corrected chi connectivity index (χ0v) is 67.5. The topological polar surface area (TPSA) is 523 Å². The third-order valence-corrected chi connectivity index (χ3v) is 4.66. The van der Waals surface area contributed by atoms with E-state index in [1.807, 2.05) is 0 Å². The first-order valence-corrected chi connectivity index (χ1v) is 19.0. The van der Waals surface area contributed by atoms with Gasteiger partial charge in [0.25, 0.3) is 0 Å². The standard InChI is InChI=1S/2C4H7O2.10C3H6O2.2O.8Zn/c2*5-4-2-1-3-6-4;10*1-2-3(4)5;;;;;;;;;;/h2*4H,1-3H2;10*2H2,1H3,(H,4,5);;;;;;;;;;/q2*-1;;;;;;;;;;;2*-2;8*+2/p-10/t2*4-;;;;;;;;;;;;;;;;;;;;/m10..................../s1. The van der Waals surface area contributed by atoms with Crippen molar-refractivity contribution in [3.05, 3.63) is 0 Å². The maximum absolute atomic E-state index is 10.1. The van der Waals surface area contributed by atoms with Crippen molar-refractivity contribution in [1.82, 2.24) is 0 Å². The van der Waals surface area contributed by atoms with E-state index in [-0.39, 0.29) is 231 Å². The van der Waals surface area contributed by atoms with Crippen LogP contribution in [-0.2, 0) is 224 Å². The normalized spacial score (nSPS) is 10.9. The average molecular weight is 1460 g/mol. The van der Waals surface area contributed by atoms with Gasteiger partial charge in [0.2, 0.25) is 0 Å². The Morgan fingerprint density at radius 2 is 0.375 bits per heavy atom. The number of ether oxygens (including phenoxy) is 2. The second kappa shape index (κ2) is 119. The molecule has 0 spiro atoms. The van der Waals surface area contributed by atoms with E-state index >= 15 is 0 Å². The molecule has 2 atom stereocenters. The summed E-state index contributed by atoms with van der Waals surface area (Å²) in [4.78, 5) is 92.6. The van der Waals surface area contributed by atoms with Crippen LogP contribution in [0.15, 0.2) is 0 Å². The molecule has 2 aliphatic rings. The molecule has 0 unspecified atom stereocenters. The number of aliphatic carboxylic acids is 10. The summed E-state index contributed by atoms with van der Waals surface area (Å²) in [5, 5.41) is 113. The molecule has 2 rings (SSSR count). The molecule has 0 amide bonds. The molecule has 26 nitrogen and oxygen atoms in total. The van der Waals surface area contributed by atoms with Crippen LogP contribution in [-0.4, -0.2) is 85.5 Å². The molecule has 0 aromatic rings. The fourth-order valence-corrected chi connectivity index (χ4v) is 1.10. The van der Waals surface area contributed by atoms with E-state index in [0.29, 0.717) is 26.1 Å². The van der Waals surface area contributed by atoms with Crippen LogP contribution in [0.3, 0.4) is 0 Å². The fraction of sp³-hybridized carbons (Fsp3) is 0.737. The molecule has 0 bridgehead atoms. The van der Waals surface area contributed by atoms with E-state index in [9.17, 15) is 109 Å². The van der Waals surface area contributed by atoms with Gasteiger partial charge in [-0.2, -0.15) is 0 Å². The SMILES string of the molecule is CCC(=O)[O-].CCC(=O)[O-].CCC(=O)[O-].CCC(=O)[O-].CCC(=O)[O-].CCC(=O)[O-].CCC(=O)[O-].CCC(=O)[O-].CCC(=O)[O-].CCC(=O)[O-].[O-2].[O-2].[O-][C@@H]1CCCO1.[O-][C@H]1CCCO1.[Zn+2].[Zn+2].[Zn+2].[Zn+2].[Zn+2].[Zn+2].[Zn+2].[Zn+2]. The zero-order valence-electron chi connectivity index (χ0n) is 43.7. The molecule has 0 aliphatic carbocycles. The van der Waals surface area contributed by atoms with Gasteiger partial charge in [0.15, 0.2) is 0 Å². The van der Waals surface area contributed by atoms with Gasteiger partial charge in [0.05, 0.1) is 0 Å². The first kappa shape index (κ1) is 134.